The number of aliphatic hydroxyl groups excluding tert-OH is 1. The molecule has 158 valence electrons. The first-order valence-electron chi connectivity index (χ1n) is 9.42. The molecule has 0 bridgehead atoms. The molecule has 0 aliphatic carbocycles. The molecule has 8 nitrogen and oxygen atoms in total. The van der Waals surface area contributed by atoms with Crippen LogP contribution in [0.15, 0.2) is 48.9 Å². The molecular formula is C21H18ClFN6O2. The zero-order valence-corrected chi connectivity index (χ0v) is 16.9. The lowest BCUT2D eigenvalue weighted by Gasteiger charge is -2.08. The molecule has 0 unspecified atom stereocenters. The molecule has 4 aromatic heterocycles. The van der Waals surface area contributed by atoms with Crippen LogP contribution in [0, 0.1) is 5.82 Å². The fourth-order valence-electron chi connectivity index (χ4n) is 3.16. The highest BCUT2D eigenvalue weighted by molar-refractivity contribution is 6.31. The molecule has 0 saturated heterocycles. The van der Waals surface area contributed by atoms with E-state index in [2.05, 4.69) is 30.6 Å². The zero-order chi connectivity index (χ0) is 21.8. The number of nitrogens with zero attached hydrogens (tertiary/aromatic N) is 3. The summed E-state index contributed by atoms with van der Waals surface area (Å²) in [6.07, 6.45) is 4.25. The number of aliphatic hydroxyl groups is 1. The first kappa shape index (κ1) is 20.9. The maximum Gasteiger partial charge on any atom is 0.239 e. The van der Waals surface area contributed by atoms with E-state index in [9.17, 15) is 9.18 Å². The van der Waals surface area contributed by atoms with Gasteiger partial charge in [-0.3, -0.25) is 14.8 Å². The fraction of sp³-hybridized carbons (Fsp3) is 0.143. The van der Waals surface area contributed by atoms with E-state index in [1.54, 1.807) is 30.5 Å². The number of hydrogen-bond donors (Lipinski definition) is 4. The van der Waals surface area contributed by atoms with Crippen molar-refractivity contribution in [3.63, 3.8) is 0 Å². The lowest BCUT2D eigenvalue weighted by atomic mass is 10.0. The second-order valence-electron chi connectivity index (χ2n) is 6.66. The average Bonchev–Trinajstić information content (AvgIpc) is 3.13. The lowest BCUT2D eigenvalue weighted by molar-refractivity contribution is -0.115. The van der Waals surface area contributed by atoms with Gasteiger partial charge in [-0.2, -0.15) is 0 Å². The van der Waals surface area contributed by atoms with E-state index in [-0.39, 0.29) is 19.1 Å². The van der Waals surface area contributed by atoms with Crippen molar-refractivity contribution in [3.05, 3.63) is 59.8 Å². The summed E-state index contributed by atoms with van der Waals surface area (Å²) in [4.78, 5) is 28.2. The molecule has 1 amide bonds. The molecule has 0 saturated carbocycles. The van der Waals surface area contributed by atoms with Gasteiger partial charge in [0.05, 0.1) is 52.4 Å². The highest BCUT2D eigenvalue weighted by atomic mass is 35.5. The summed E-state index contributed by atoms with van der Waals surface area (Å²) in [7, 11) is 0. The highest BCUT2D eigenvalue weighted by Crippen LogP contribution is 2.37. The maximum absolute atomic E-state index is 13.4. The summed E-state index contributed by atoms with van der Waals surface area (Å²) in [5.41, 5.74) is 3.95. The summed E-state index contributed by atoms with van der Waals surface area (Å²) in [5, 5.41) is 14.8. The third-order valence-corrected chi connectivity index (χ3v) is 4.68. The number of pyridine rings is 3. The van der Waals surface area contributed by atoms with E-state index in [4.69, 9.17) is 16.7 Å². The average molecular weight is 441 g/mol. The molecule has 4 rings (SSSR count). The largest absolute Gasteiger partial charge is 0.395 e. The Labute approximate surface area is 181 Å². The molecule has 0 spiro atoms. The van der Waals surface area contributed by atoms with Gasteiger partial charge in [0.2, 0.25) is 5.91 Å². The van der Waals surface area contributed by atoms with Gasteiger partial charge in [0.15, 0.2) is 0 Å². The molecule has 10 heteroatoms. The molecule has 0 radical (unpaired) electrons. The summed E-state index contributed by atoms with van der Waals surface area (Å²) in [6.45, 7) is 0.311. The molecule has 0 aliphatic rings. The van der Waals surface area contributed by atoms with Crippen LogP contribution in [-0.2, 0) is 4.79 Å². The molecule has 4 N–H and O–H groups in total. The normalized spacial score (nSPS) is 11.1. The number of aromatic amines is 1. The van der Waals surface area contributed by atoms with Gasteiger partial charge < -0.3 is 20.7 Å². The van der Waals surface area contributed by atoms with E-state index in [0.29, 0.717) is 45.4 Å². The van der Waals surface area contributed by atoms with E-state index < -0.39 is 5.82 Å². The number of halogens is 2. The molecular weight excluding hydrogens is 423 g/mol. The van der Waals surface area contributed by atoms with Crippen molar-refractivity contribution < 1.29 is 14.3 Å². The molecule has 4 aromatic rings. The fourth-order valence-corrected chi connectivity index (χ4v) is 3.32. The van der Waals surface area contributed by atoms with Crippen molar-refractivity contribution in [3.8, 4) is 22.5 Å². The summed E-state index contributed by atoms with van der Waals surface area (Å²) >= 11 is 6.10. The Morgan fingerprint density at radius 3 is 2.81 bits per heavy atom. The highest BCUT2D eigenvalue weighted by Gasteiger charge is 2.18. The molecule has 0 aromatic carbocycles. The Morgan fingerprint density at radius 1 is 1.16 bits per heavy atom. The van der Waals surface area contributed by atoms with Crippen molar-refractivity contribution >= 4 is 34.4 Å². The smallest absolute Gasteiger partial charge is 0.239 e. The van der Waals surface area contributed by atoms with Crippen LogP contribution in [0.25, 0.3) is 33.5 Å². The van der Waals surface area contributed by atoms with Gasteiger partial charge in [-0.1, -0.05) is 11.6 Å². The summed E-state index contributed by atoms with van der Waals surface area (Å²) in [5.74, 6) is -0.371. The quantitative estimate of drug-likeness (QED) is 0.328. The van der Waals surface area contributed by atoms with Crippen LogP contribution < -0.4 is 10.6 Å². The Bertz CT molecular complexity index is 1230. The Kier molecular flexibility index (Phi) is 6.17. The van der Waals surface area contributed by atoms with Gasteiger partial charge in [-0.05, 0) is 30.3 Å². The molecule has 0 atom stereocenters. The SMILES string of the molecule is O=C(CNCCO)Nc1cc(-c2[nH]c3cc(Cl)cnc3c2-c2ccc(F)cn2)ccn1. The predicted octanol–water partition coefficient (Wildman–Crippen LogP) is 3.00. The van der Waals surface area contributed by atoms with Crippen molar-refractivity contribution in [2.24, 2.45) is 0 Å². The van der Waals surface area contributed by atoms with Crippen LogP contribution in [0.3, 0.4) is 0 Å². The number of rotatable bonds is 7. The van der Waals surface area contributed by atoms with Gasteiger partial charge in [0, 0.05) is 24.5 Å². The Hall–Kier alpha value is -3.40. The van der Waals surface area contributed by atoms with E-state index in [1.165, 1.54) is 12.3 Å². The van der Waals surface area contributed by atoms with Gasteiger partial charge in [-0.25, -0.2) is 9.37 Å². The minimum Gasteiger partial charge on any atom is -0.395 e. The number of aromatic nitrogens is 4. The predicted molar refractivity (Wildman–Crippen MR) is 116 cm³/mol. The van der Waals surface area contributed by atoms with E-state index >= 15 is 0 Å². The van der Waals surface area contributed by atoms with Crippen molar-refractivity contribution in [1.82, 2.24) is 25.3 Å². The monoisotopic (exact) mass is 440 g/mol. The number of amides is 1. The number of anilines is 1. The minimum absolute atomic E-state index is 0.0476. The third-order valence-electron chi connectivity index (χ3n) is 4.47. The number of carbonyl (C=O) groups excluding carboxylic acids is 1. The topological polar surface area (TPSA) is 116 Å². The van der Waals surface area contributed by atoms with Crippen molar-refractivity contribution in [2.75, 3.05) is 25.0 Å². The van der Waals surface area contributed by atoms with Crippen LogP contribution in [0.5, 0.6) is 0 Å². The molecule has 4 heterocycles. The zero-order valence-electron chi connectivity index (χ0n) is 16.2. The van der Waals surface area contributed by atoms with Gasteiger partial charge in [0.1, 0.15) is 11.6 Å². The number of H-pyrrole nitrogens is 1. The Morgan fingerprint density at radius 2 is 2.03 bits per heavy atom. The minimum atomic E-state index is -0.440. The van der Waals surface area contributed by atoms with Crippen LogP contribution in [0.4, 0.5) is 10.2 Å². The van der Waals surface area contributed by atoms with Crippen LogP contribution in [0.1, 0.15) is 0 Å². The number of carbonyl (C=O) groups is 1. The van der Waals surface area contributed by atoms with Crippen LogP contribution in [-0.4, -0.2) is 50.6 Å². The first-order chi connectivity index (χ1) is 15.0. The third kappa shape index (κ3) is 4.69. The first-order valence-corrected chi connectivity index (χ1v) is 9.80. The summed E-state index contributed by atoms with van der Waals surface area (Å²) in [6, 6.07) is 8.15. The molecule has 31 heavy (non-hydrogen) atoms. The van der Waals surface area contributed by atoms with Crippen LogP contribution >= 0.6 is 11.6 Å². The number of hydrogen-bond acceptors (Lipinski definition) is 6. The van der Waals surface area contributed by atoms with Crippen LogP contribution in [0.2, 0.25) is 5.02 Å². The second-order valence-corrected chi connectivity index (χ2v) is 7.10. The van der Waals surface area contributed by atoms with E-state index in [1.807, 2.05) is 0 Å². The Balaban J connectivity index is 1.75. The summed E-state index contributed by atoms with van der Waals surface area (Å²) < 4.78 is 13.4. The lowest BCUT2D eigenvalue weighted by Crippen LogP contribution is -2.30. The van der Waals surface area contributed by atoms with Gasteiger partial charge in [0.25, 0.3) is 0 Å². The number of fused-ring (bicyclic) bond motifs is 1. The molecule has 0 fully saturated rings. The van der Waals surface area contributed by atoms with E-state index in [0.717, 1.165) is 11.8 Å². The van der Waals surface area contributed by atoms with Crippen molar-refractivity contribution in [1.29, 1.82) is 0 Å². The van der Waals surface area contributed by atoms with Gasteiger partial charge >= 0.3 is 0 Å². The number of nitrogens with one attached hydrogen (secondary N) is 3. The van der Waals surface area contributed by atoms with Gasteiger partial charge in [-0.15, -0.1) is 0 Å². The molecule has 0 aliphatic heterocycles. The second kappa shape index (κ2) is 9.17. The maximum atomic E-state index is 13.4. The van der Waals surface area contributed by atoms with Crippen molar-refractivity contribution in [2.45, 2.75) is 0 Å². The standard InChI is InChI=1S/C21H18ClFN6O2/c22-13-8-16-21(27-9-13)19(15-2-1-14(23)10-26-15)20(28-16)12-3-4-25-17(7-12)29-18(31)11-24-5-6-30/h1-4,7-10,24,28,30H,5-6,11H2,(H,25,29,31).